The Morgan fingerprint density at radius 3 is 2.73 bits per heavy atom. The monoisotopic (exact) mass is 304 g/mol. The van der Waals surface area contributed by atoms with Gasteiger partial charge >= 0.3 is 6.09 Å². The third kappa shape index (κ3) is 4.17. The summed E-state index contributed by atoms with van der Waals surface area (Å²) in [5, 5.41) is 17.1. The second kappa shape index (κ2) is 6.53. The SMILES string of the molecule is Cn1cc(/C=C/C(=O)Nc2ccc(F)cc2NC(=O)O)cn1. The number of amides is 2. The minimum atomic E-state index is -1.35. The molecule has 1 aromatic heterocycles. The molecule has 0 saturated heterocycles. The summed E-state index contributed by atoms with van der Waals surface area (Å²) in [7, 11) is 1.75. The Balaban J connectivity index is 2.10. The first kappa shape index (κ1) is 15.2. The average molecular weight is 304 g/mol. The Morgan fingerprint density at radius 2 is 2.09 bits per heavy atom. The van der Waals surface area contributed by atoms with Crippen molar-refractivity contribution in [3.05, 3.63) is 48.0 Å². The van der Waals surface area contributed by atoms with Crippen molar-refractivity contribution in [3.8, 4) is 0 Å². The molecule has 0 saturated carbocycles. The highest BCUT2D eigenvalue weighted by molar-refractivity contribution is 6.04. The van der Waals surface area contributed by atoms with Gasteiger partial charge in [0.1, 0.15) is 5.82 Å². The molecule has 22 heavy (non-hydrogen) atoms. The van der Waals surface area contributed by atoms with Gasteiger partial charge in [-0.2, -0.15) is 5.10 Å². The van der Waals surface area contributed by atoms with Gasteiger partial charge in [-0.05, 0) is 24.3 Å². The zero-order chi connectivity index (χ0) is 16.1. The number of rotatable bonds is 4. The van der Waals surface area contributed by atoms with Crippen LogP contribution in [0, 0.1) is 5.82 Å². The summed E-state index contributed by atoms with van der Waals surface area (Å²) in [6.07, 6.45) is 4.77. The smallest absolute Gasteiger partial charge is 0.409 e. The maximum absolute atomic E-state index is 13.1. The molecule has 0 aliphatic carbocycles. The zero-order valence-corrected chi connectivity index (χ0v) is 11.6. The van der Waals surface area contributed by atoms with E-state index in [0.29, 0.717) is 0 Å². The molecule has 0 aliphatic rings. The normalized spacial score (nSPS) is 10.6. The third-order valence-electron chi connectivity index (χ3n) is 2.63. The van der Waals surface area contributed by atoms with Crippen LogP contribution < -0.4 is 10.6 Å². The molecule has 0 atom stereocenters. The molecule has 8 heteroatoms. The number of carboxylic acid groups (broad SMARTS) is 1. The Hall–Kier alpha value is -3.16. The van der Waals surface area contributed by atoms with Crippen molar-refractivity contribution >= 4 is 29.5 Å². The highest BCUT2D eigenvalue weighted by Gasteiger charge is 2.09. The number of carbonyl (C=O) groups is 2. The number of anilines is 2. The van der Waals surface area contributed by atoms with Crippen molar-refractivity contribution in [1.29, 1.82) is 0 Å². The molecular formula is C14H13FN4O3. The zero-order valence-electron chi connectivity index (χ0n) is 11.6. The number of carbonyl (C=O) groups excluding carboxylic acids is 1. The third-order valence-corrected chi connectivity index (χ3v) is 2.63. The van der Waals surface area contributed by atoms with Crippen molar-refractivity contribution in [2.45, 2.75) is 0 Å². The number of aryl methyl sites for hydroxylation is 1. The van der Waals surface area contributed by atoms with Gasteiger partial charge in [-0.15, -0.1) is 0 Å². The van der Waals surface area contributed by atoms with Crippen LogP contribution in [0.15, 0.2) is 36.7 Å². The highest BCUT2D eigenvalue weighted by atomic mass is 19.1. The summed E-state index contributed by atoms with van der Waals surface area (Å²) < 4.78 is 14.7. The molecule has 3 N–H and O–H groups in total. The van der Waals surface area contributed by atoms with Crippen LogP contribution in [0.25, 0.3) is 6.08 Å². The van der Waals surface area contributed by atoms with Gasteiger partial charge in [-0.1, -0.05) is 0 Å². The lowest BCUT2D eigenvalue weighted by Gasteiger charge is -2.09. The lowest BCUT2D eigenvalue weighted by molar-refractivity contribution is -0.111. The van der Waals surface area contributed by atoms with E-state index in [1.807, 2.05) is 5.32 Å². The van der Waals surface area contributed by atoms with Crippen LogP contribution in [0.2, 0.25) is 0 Å². The van der Waals surface area contributed by atoms with Gasteiger partial charge in [0.05, 0.1) is 17.6 Å². The number of hydrogen-bond donors (Lipinski definition) is 3. The summed E-state index contributed by atoms with van der Waals surface area (Å²) in [4.78, 5) is 22.5. The minimum absolute atomic E-state index is 0.0457. The molecule has 0 bridgehead atoms. The quantitative estimate of drug-likeness (QED) is 0.755. The maximum atomic E-state index is 13.1. The van der Waals surface area contributed by atoms with Gasteiger partial charge in [-0.25, -0.2) is 9.18 Å². The van der Waals surface area contributed by atoms with E-state index < -0.39 is 17.8 Å². The van der Waals surface area contributed by atoms with Crippen LogP contribution in [-0.4, -0.2) is 26.9 Å². The first-order valence-corrected chi connectivity index (χ1v) is 6.21. The topological polar surface area (TPSA) is 96.2 Å². The molecule has 0 spiro atoms. The molecule has 0 unspecified atom stereocenters. The van der Waals surface area contributed by atoms with Crippen LogP contribution in [0.4, 0.5) is 20.6 Å². The molecule has 114 valence electrons. The van der Waals surface area contributed by atoms with Crippen molar-refractivity contribution < 1.29 is 19.1 Å². The summed E-state index contributed by atoms with van der Waals surface area (Å²) in [5.74, 6) is -1.10. The number of halogens is 1. The van der Waals surface area contributed by atoms with E-state index in [0.717, 1.165) is 17.7 Å². The Kier molecular flexibility index (Phi) is 4.52. The second-order valence-electron chi connectivity index (χ2n) is 4.39. The molecule has 2 rings (SSSR count). The summed E-state index contributed by atoms with van der Waals surface area (Å²) >= 11 is 0. The van der Waals surface area contributed by atoms with Crippen molar-refractivity contribution in [2.75, 3.05) is 10.6 Å². The molecule has 7 nitrogen and oxygen atoms in total. The first-order valence-electron chi connectivity index (χ1n) is 6.21. The van der Waals surface area contributed by atoms with Gasteiger partial charge in [0.15, 0.2) is 0 Å². The van der Waals surface area contributed by atoms with Gasteiger partial charge in [-0.3, -0.25) is 14.8 Å². The number of hydrogen-bond acceptors (Lipinski definition) is 3. The van der Waals surface area contributed by atoms with Crippen molar-refractivity contribution in [3.63, 3.8) is 0 Å². The number of benzene rings is 1. The van der Waals surface area contributed by atoms with E-state index >= 15 is 0 Å². The Bertz CT molecular complexity index is 739. The molecule has 0 radical (unpaired) electrons. The molecule has 1 heterocycles. The fourth-order valence-corrected chi connectivity index (χ4v) is 1.72. The molecule has 2 aromatic rings. The molecule has 1 aromatic carbocycles. The Morgan fingerprint density at radius 1 is 1.32 bits per heavy atom. The fourth-order valence-electron chi connectivity index (χ4n) is 1.72. The van der Waals surface area contributed by atoms with Crippen LogP contribution in [0.3, 0.4) is 0 Å². The van der Waals surface area contributed by atoms with E-state index in [1.54, 1.807) is 30.2 Å². The summed E-state index contributed by atoms with van der Waals surface area (Å²) in [6, 6.07) is 3.37. The largest absolute Gasteiger partial charge is 0.465 e. The second-order valence-corrected chi connectivity index (χ2v) is 4.39. The standard InChI is InChI=1S/C14H13FN4O3/c1-19-8-9(7-16-19)2-5-13(20)17-11-4-3-10(15)6-12(11)18-14(21)22/h2-8,18H,1H3,(H,17,20)(H,21,22)/b5-2+. The highest BCUT2D eigenvalue weighted by Crippen LogP contribution is 2.22. The number of nitrogens with one attached hydrogen (secondary N) is 2. The van der Waals surface area contributed by atoms with E-state index in [9.17, 15) is 14.0 Å². The predicted molar refractivity (Wildman–Crippen MR) is 78.9 cm³/mol. The maximum Gasteiger partial charge on any atom is 0.409 e. The lowest BCUT2D eigenvalue weighted by Crippen LogP contribution is -2.13. The van der Waals surface area contributed by atoms with Crippen LogP contribution >= 0.6 is 0 Å². The Labute approximate surface area is 125 Å². The van der Waals surface area contributed by atoms with Crippen molar-refractivity contribution in [2.24, 2.45) is 7.05 Å². The van der Waals surface area contributed by atoms with Gasteiger partial charge in [0.25, 0.3) is 0 Å². The predicted octanol–water partition coefficient (Wildman–Crippen LogP) is 2.30. The van der Waals surface area contributed by atoms with Crippen LogP contribution in [0.1, 0.15) is 5.56 Å². The molecular weight excluding hydrogens is 291 g/mol. The van der Waals surface area contributed by atoms with E-state index in [2.05, 4.69) is 10.4 Å². The number of aromatic nitrogens is 2. The van der Waals surface area contributed by atoms with E-state index in [4.69, 9.17) is 5.11 Å². The minimum Gasteiger partial charge on any atom is -0.465 e. The molecule has 0 aliphatic heterocycles. The lowest BCUT2D eigenvalue weighted by atomic mass is 10.2. The number of nitrogens with zero attached hydrogens (tertiary/aromatic N) is 2. The molecule has 0 fully saturated rings. The van der Waals surface area contributed by atoms with Gasteiger partial charge in [0.2, 0.25) is 5.91 Å². The fraction of sp³-hybridized carbons (Fsp3) is 0.0714. The first-order chi connectivity index (χ1) is 10.4. The van der Waals surface area contributed by atoms with E-state index in [1.165, 1.54) is 12.1 Å². The van der Waals surface area contributed by atoms with Gasteiger partial charge in [0, 0.05) is 24.9 Å². The van der Waals surface area contributed by atoms with Crippen LogP contribution in [-0.2, 0) is 11.8 Å². The average Bonchev–Trinajstić information content (AvgIpc) is 2.85. The molecule has 2 amide bonds. The van der Waals surface area contributed by atoms with Crippen LogP contribution in [0.5, 0.6) is 0 Å². The van der Waals surface area contributed by atoms with Crippen molar-refractivity contribution in [1.82, 2.24) is 9.78 Å². The van der Waals surface area contributed by atoms with Gasteiger partial charge < -0.3 is 10.4 Å². The summed E-state index contributed by atoms with van der Waals surface area (Å²) in [5.41, 5.74) is 0.848. The summed E-state index contributed by atoms with van der Waals surface area (Å²) in [6.45, 7) is 0. The van der Waals surface area contributed by atoms with E-state index in [-0.39, 0.29) is 11.4 Å².